The minimum Gasteiger partial charge on any atom is -0.488 e. The molecule has 2 heterocycles. The van der Waals surface area contributed by atoms with E-state index in [-0.39, 0.29) is 6.61 Å². The van der Waals surface area contributed by atoms with Crippen LogP contribution >= 0.6 is 0 Å². The highest BCUT2D eigenvalue weighted by atomic mass is 19.1. The van der Waals surface area contributed by atoms with Crippen molar-refractivity contribution in [2.45, 2.75) is 32.2 Å². The molecule has 0 aliphatic heterocycles. The standard InChI is InChI=1S/C14H19FN4O/c1-2-3-4-12-8-19-9-13(7-17-14(19)18-12)20-10-11(16)5-6-15/h5-9,11H,2-4,10,16H2,1H3. The Kier molecular flexibility index (Phi) is 5.06. The van der Waals surface area contributed by atoms with Crippen molar-refractivity contribution in [3.63, 3.8) is 0 Å². The molecule has 108 valence electrons. The van der Waals surface area contributed by atoms with Crippen molar-refractivity contribution in [2.24, 2.45) is 5.73 Å². The van der Waals surface area contributed by atoms with Crippen LogP contribution in [0.1, 0.15) is 25.5 Å². The number of nitrogens with zero attached hydrogens (tertiary/aromatic N) is 3. The van der Waals surface area contributed by atoms with E-state index in [1.54, 1.807) is 12.4 Å². The van der Waals surface area contributed by atoms with Gasteiger partial charge < -0.3 is 10.5 Å². The van der Waals surface area contributed by atoms with Gasteiger partial charge in [0.05, 0.1) is 30.5 Å². The van der Waals surface area contributed by atoms with Crippen LogP contribution in [-0.4, -0.2) is 27.0 Å². The predicted molar refractivity (Wildman–Crippen MR) is 75.3 cm³/mol. The highest BCUT2D eigenvalue weighted by Crippen LogP contribution is 2.12. The summed E-state index contributed by atoms with van der Waals surface area (Å²) in [5.74, 6) is 1.23. The molecular formula is C14H19FN4O. The van der Waals surface area contributed by atoms with E-state index < -0.39 is 6.04 Å². The van der Waals surface area contributed by atoms with E-state index in [4.69, 9.17) is 10.5 Å². The zero-order chi connectivity index (χ0) is 14.4. The molecular weight excluding hydrogens is 259 g/mol. The van der Waals surface area contributed by atoms with Crippen molar-refractivity contribution in [3.05, 3.63) is 36.7 Å². The molecule has 5 nitrogen and oxygen atoms in total. The average Bonchev–Trinajstić information content (AvgIpc) is 2.85. The lowest BCUT2D eigenvalue weighted by atomic mass is 10.2. The number of imidazole rings is 1. The maximum absolute atomic E-state index is 11.9. The van der Waals surface area contributed by atoms with Crippen LogP contribution in [0.4, 0.5) is 4.39 Å². The number of unbranched alkanes of at least 4 members (excludes halogenated alkanes) is 1. The second kappa shape index (κ2) is 7.00. The van der Waals surface area contributed by atoms with Crippen LogP contribution in [0, 0.1) is 0 Å². The molecule has 0 fully saturated rings. The molecule has 0 spiro atoms. The van der Waals surface area contributed by atoms with E-state index in [2.05, 4.69) is 16.9 Å². The van der Waals surface area contributed by atoms with Crippen molar-refractivity contribution in [2.75, 3.05) is 6.61 Å². The van der Waals surface area contributed by atoms with Crippen molar-refractivity contribution in [1.29, 1.82) is 0 Å². The third kappa shape index (κ3) is 3.77. The maximum atomic E-state index is 11.9. The third-order valence-electron chi connectivity index (χ3n) is 2.89. The topological polar surface area (TPSA) is 65.4 Å². The van der Waals surface area contributed by atoms with Crippen molar-refractivity contribution in [3.8, 4) is 5.75 Å². The molecule has 1 atom stereocenters. The Hall–Kier alpha value is -1.95. The smallest absolute Gasteiger partial charge is 0.234 e. The summed E-state index contributed by atoms with van der Waals surface area (Å²) in [6, 6.07) is -0.474. The Labute approximate surface area is 117 Å². The van der Waals surface area contributed by atoms with Crippen LogP contribution in [0.2, 0.25) is 0 Å². The molecule has 2 aromatic rings. The minimum atomic E-state index is -0.474. The second-order valence-electron chi connectivity index (χ2n) is 4.63. The Morgan fingerprint density at radius 2 is 2.35 bits per heavy atom. The van der Waals surface area contributed by atoms with Gasteiger partial charge in [0.1, 0.15) is 6.61 Å². The number of aryl methyl sites for hydroxylation is 1. The zero-order valence-corrected chi connectivity index (χ0v) is 11.5. The van der Waals surface area contributed by atoms with Crippen molar-refractivity contribution >= 4 is 5.78 Å². The van der Waals surface area contributed by atoms with E-state index in [9.17, 15) is 4.39 Å². The van der Waals surface area contributed by atoms with Gasteiger partial charge in [-0.05, 0) is 18.9 Å². The molecule has 1 unspecified atom stereocenters. The first kappa shape index (κ1) is 14.5. The molecule has 20 heavy (non-hydrogen) atoms. The Bertz CT molecular complexity index is 582. The first-order valence-electron chi connectivity index (χ1n) is 6.71. The molecule has 0 aliphatic carbocycles. The van der Waals surface area contributed by atoms with Gasteiger partial charge in [-0.15, -0.1) is 0 Å². The summed E-state index contributed by atoms with van der Waals surface area (Å²) in [7, 11) is 0. The van der Waals surface area contributed by atoms with Gasteiger partial charge in [0.25, 0.3) is 0 Å². The highest BCUT2D eigenvalue weighted by Gasteiger charge is 2.05. The van der Waals surface area contributed by atoms with E-state index in [1.165, 1.54) is 6.08 Å². The highest BCUT2D eigenvalue weighted by molar-refractivity contribution is 5.33. The number of hydrogen-bond donors (Lipinski definition) is 1. The summed E-state index contributed by atoms with van der Waals surface area (Å²) >= 11 is 0. The van der Waals surface area contributed by atoms with Crippen molar-refractivity contribution < 1.29 is 9.13 Å². The lowest BCUT2D eigenvalue weighted by Crippen LogP contribution is -2.25. The zero-order valence-electron chi connectivity index (χ0n) is 11.5. The molecule has 2 aromatic heterocycles. The fourth-order valence-electron chi connectivity index (χ4n) is 1.81. The van der Waals surface area contributed by atoms with Gasteiger partial charge >= 0.3 is 0 Å². The molecule has 0 saturated carbocycles. The normalized spacial score (nSPS) is 13.2. The van der Waals surface area contributed by atoms with Gasteiger partial charge in [-0.25, -0.2) is 14.4 Å². The van der Waals surface area contributed by atoms with Gasteiger partial charge in [-0.2, -0.15) is 0 Å². The van der Waals surface area contributed by atoms with E-state index in [1.807, 2.05) is 10.6 Å². The van der Waals surface area contributed by atoms with E-state index in [0.29, 0.717) is 17.9 Å². The molecule has 6 heteroatoms. The fraction of sp³-hybridized carbons (Fsp3) is 0.429. The minimum absolute atomic E-state index is 0.199. The van der Waals surface area contributed by atoms with Crippen LogP contribution in [0.15, 0.2) is 31.0 Å². The van der Waals surface area contributed by atoms with Gasteiger partial charge in [-0.3, -0.25) is 4.40 Å². The number of hydrogen-bond acceptors (Lipinski definition) is 4. The van der Waals surface area contributed by atoms with Crippen LogP contribution in [0.5, 0.6) is 5.75 Å². The number of ether oxygens (including phenoxy) is 1. The van der Waals surface area contributed by atoms with Crippen molar-refractivity contribution in [1.82, 2.24) is 14.4 Å². The van der Waals surface area contributed by atoms with E-state index >= 15 is 0 Å². The molecule has 0 aliphatic rings. The third-order valence-corrected chi connectivity index (χ3v) is 2.89. The summed E-state index contributed by atoms with van der Waals surface area (Å²) in [5.41, 5.74) is 6.63. The number of aromatic nitrogens is 3. The molecule has 0 bridgehead atoms. The first-order valence-corrected chi connectivity index (χ1v) is 6.71. The monoisotopic (exact) mass is 278 g/mol. The number of nitrogens with two attached hydrogens (primary N) is 1. The summed E-state index contributed by atoms with van der Waals surface area (Å²) in [6.45, 7) is 2.35. The van der Waals surface area contributed by atoms with Gasteiger partial charge in [0.2, 0.25) is 5.78 Å². The Morgan fingerprint density at radius 3 is 3.10 bits per heavy atom. The predicted octanol–water partition coefficient (Wildman–Crippen LogP) is 2.26. The Morgan fingerprint density at radius 1 is 1.50 bits per heavy atom. The van der Waals surface area contributed by atoms with Crippen LogP contribution in [-0.2, 0) is 6.42 Å². The van der Waals surface area contributed by atoms with Gasteiger partial charge in [0.15, 0.2) is 5.75 Å². The Balaban J connectivity index is 2.04. The quantitative estimate of drug-likeness (QED) is 0.843. The average molecular weight is 278 g/mol. The lowest BCUT2D eigenvalue weighted by molar-refractivity contribution is 0.303. The molecule has 2 N–H and O–H groups in total. The van der Waals surface area contributed by atoms with Crippen LogP contribution < -0.4 is 10.5 Å². The van der Waals surface area contributed by atoms with Gasteiger partial charge in [-0.1, -0.05) is 13.3 Å². The summed E-state index contributed by atoms with van der Waals surface area (Å²) < 4.78 is 19.2. The summed E-state index contributed by atoms with van der Waals surface area (Å²) in [5, 5.41) is 0. The molecule has 2 rings (SSSR count). The largest absolute Gasteiger partial charge is 0.488 e. The molecule has 0 aromatic carbocycles. The molecule has 0 radical (unpaired) electrons. The lowest BCUT2D eigenvalue weighted by Gasteiger charge is -2.08. The van der Waals surface area contributed by atoms with Crippen LogP contribution in [0.25, 0.3) is 5.78 Å². The number of halogens is 1. The van der Waals surface area contributed by atoms with Gasteiger partial charge in [0, 0.05) is 6.20 Å². The molecule has 0 saturated heterocycles. The maximum Gasteiger partial charge on any atom is 0.234 e. The number of rotatable bonds is 7. The van der Waals surface area contributed by atoms with E-state index in [0.717, 1.165) is 25.0 Å². The fourth-order valence-corrected chi connectivity index (χ4v) is 1.81. The first-order chi connectivity index (χ1) is 9.72. The second-order valence-corrected chi connectivity index (χ2v) is 4.63. The number of fused-ring (bicyclic) bond motifs is 1. The van der Waals surface area contributed by atoms with Crippen LogP contribution in [0.3, 0.4) is 0 Å². The summed E-state index contributed by atoms with van der Waals surface area (Å²) in [4.78, 5) is 8.65. The molecule has 0 amide bonds. The SMILES string of the molecule is CCCCc1cn2cc(OCC(N)C=CF)cnc2n1. The summed E-state index contributed by atoms with van der Waals surface area (Å²) in [6.07, 6.45) is 10.2.